The van der Waals surface area contributed by atoms with Gasteiger partial charge in [0.05, 0.1) is 29.1 Å². The van der Waals surface area contributed by atoms with E-state index in [9.17, 15) is 4.79 Å². The van der Waals surface area contributed by atoms with Gasteiger partial charge in [0.2, 0.25) is 5.91 Å². The van der Waals surface area contributed by atoms with Gasteiger partial charge in [-0.05, 0) is 43.5 Å². The van der Waals surface area contributed by atoms with Gasteiger partial charge in [-0.15, -0.1) is 0 Å². The standard InChI is InChI=1S/C21H24N6O/c28-21(27-11-5-9-20(27)17-7-3-4-10-22-17)18-12-15(24-25-18)13-26-14-23-16-6-1-2-8-19(16)26/h1-4,6-8,10,14-15,18,20,24-25H,5,9,11-13H2. The van der Waals surface area contributed by atoms with E-state index in [0.717, 1.165) is 49.1 Å². The number of hydrogen-bond donors (Lipinski definition) is 2. The van der Waals surface area contributed by atoms with E-state index in [1.165, 1.54) is 0 Å². The van der Waals surface area contributed by atoms with Crippen LogP contribution in [0.25, 0.3) is 11.0 Å². The molecule has 0 bridgehead atoms. The Labute approximate surface area is 163 Å². The Morgan fingerprint density at radius 2 is 2.00 bits per heavy atom. The SMILES string of the molecule is O=C(C1CC(Cn2cnc3ccccc32)NN1)N1CCCC1c1ccccn1. The number of carbonyl (C=O) groups excluding carboxylic acids is 1. The summed E-state index contributed by atoms with van der Waals surface area (Å²) in [4.78, 5) is 24.1. The summed E-state index contributed by atoms with van der Waals surface area (Å²) < 4.78 is 2.15. The molecule has 0 saturated carbocycles. The van der Waals surface area contributed by atoms with E-state index >= 15 is 0 Å². The van der Waals surface area contributed by atoms with Crippen molar-refractivity contribution < 1.29 is 4.79 Å². The second-order valence-electron chi connectivity index (χ2n) is 7.60. The number of hydrogen-bond acceptors (Lipinski definition) is 5. The highest BCUT2D eigenvalue weighted by Gasteiger charge is 2.38. The normalized spacial score (nSPS) is 24.9. The lowest BCUT2D eigenvalue weighted by Crippen LogP contribution is -2.45. The maximum absolute atomic E-state index is 13.2. The summed E-state index contributed by atoms with van der Waals surface area (Å²) in [7, 11) is 0. The number of rotatable bonds is 4. The number of likely N-dealkylation sites (tertiary alicyclic amines) is 1. The van der Waals surface area contributed by atoms with Gasteiger partial charge >= 0.3 is 0 Å². The molecule has 0 spiro atoms. The summed E-state index contributed by atoms with van der Waals surface area (Å²) in [6, 6.07) is 14.1. The van der Waals surface area contributed by atoms with Crippen LogP contribution in [-0.4, -0.2) is 44.0 Å². The number of fused-ring (bicyclic) bond motifs is 1. The lowest BCUT2D eigenvalue weighted by Gasteiger charge is -2.26. The van der Waals surface area contributed by atoms with Gasteiger partial charge in [-0.2, -0.15) is 0 Å². The molecule has 2 aliphatic rings. The zero-order chi connectivity index (χ0) is 18.9. The molecule has 2 aliphatic heterocycles. The molecule has 2 saturated heterocycles. The van der Waals surface area contributed by atoms with Crippen LogP contribution in [0, 0.1) is 0 Å². The Hall–Kier alpha value is -2.77. The molecule has 7 nitrogen and oxygen atoms in total. The number of carbonyl (C=O) groups is 1. The Morgan fingerprint density at radius 1 is 1.11 bits per heavy atom. The molecule has 4 heterocycles. The topological polar surface area (TPSA) is 75.1 Å². The number of pyridine rings is 1. The Morgan fingerprint density at radius 3 is 2.89 bits per heavy atom. The van der Waals surface area contributed by atoms with Crippen molar-refractivity contribution in [3.8, 4) is 0 Å². The Kier molecular flexibility index (Phi) is 4.54. The first kappa shape index (κ1) is 17.3. The zero-order valence-corrected chi connectivity index (χ0v) is 15.7. The average molecular weight is 376 g/mol. The fourth-order valence-corrected chi connectivity index (χ4v) is 4.41. The predicted molar refractivity (Wildman–Crippen MR) is 106 cm³/mol. The number of nitrogens with zero attached hydrogens (tertiary/aromatic N) is 4. The monoisotopic (exact) mass is 376 g/mol. The molecule has 3 aromatic rings. The first-order valence-corrected chi connectivity index (χ1v) is 9.92. The van der Waals surface area contributed by atoms with E-state index in [4.69, 9.17) is 0 Å². The number of aromatic nitrogens is 3. The van der Waals surface area contributed by atoms with Crippen molar-refractivity contribution in [2.45, 2.75) is 43.9 Å². The van der Waals surface area contributed by atoms with E-state index in [-0.39, 0.29) is 24.0 Å². The molecule has 1 aromatic carbocycles. The fraction of sp³-hybridized carbons (Fsp3) is 0.381. The maximum atomic E-state index is 13.2. The van der Waals surface area contributed by atoms with Crippen LogP contribution in [0.3, 0.4) is 0 Å². The zero-order valence-electron chi connectivity index (χ0n) is 15.7. The summed E-state index contributed by atoms with van der Waals surface area (Å²) in [5.74, 6) is 0.165. The highest BCUT2D eigenvalue weighted by molar-refractivity contribution is 5.83. The van der Waals surface area contributed by atoms with Crippen LogP contribution in [0.1, 0.15) is 31.0 Å². The van der Waals surface area contributed by atoms with E-state index in [1.54, 1.807) is 6.20 Å². The Balaban J connectivity index is 1.26. The number of para-hydroxylation sites is 2. The summed E-state index contributed by atoms with van der Waals surface area (Å²) in [5, 5.41) is 0. The van der Waals surface area contributed by atoms with Gasteiger partial charge in [0.15, 0.2) is 0 Å². The van der Waals surface area contributed by atoms with Gasteiger partial charge in [-0.1, -0.05) is 18.2 Å². The van der Waals surface area contributed by atoms with Crippen LogP contribution in [0.4, 0.5) is 0 Å². The molecular formula is C21H24N6O. The molecule has 2 fully saturated rings. The van der Waals surface area contributed by atoms with Crippen molar-refractivity contribution >= 4 is 16.9 Å². The largest absolute Gasteiger partial charge is 0.333 e. The molecule has 0 aliphatic carbocycles. The average Bonchev–Trinajstić information content (AvgIpc) is 3.49. The number of benzene rings is 1. The lowest BCUT2D eigenvalue weighted by molar-refractivity contribution is -0.134. The molecule has 2 aromatic heterocycles. The fourth-order valence-electron chi connectivity index (χ4n) is 4.41. The minimum absolute atomic E-state index is 0.0899. The second-order valence-corrected chi connectivity index (χ2v) is 7.60. The van der Waals surface area contributed by atoms with Gasteiger partial charge in [-0.25, -0.2) is 10.4 Å². The number of hydrazine groups is 1. The third-order valence-electron chi connectivity index (χ3n) is 5.79. The number of imidazole rings is 1. The third-order valence-corrected chi connectivity index (χ3v) is 5.79. The van der Waals surface area contributed by atoms with Crippen LogP contribution in [0.15, 0.2) is 55.0 Å². The molecule has 3 unspecified atom stereocenters. The minimum atomic E-state index is -0.205. The van der Waals surface area contributed by atoms with Gasteiger partial charge in [0, 0.05) is 25.3 Å². The molecule has 3 atom stereocenters. The first-order valence-electron chi connectivity index (χ1n) is 9.92. The Bertz CT molecular complexity index is 971. The highest BCUT2D eigenvalue weighted by Crippen LogP contribution is 2.31. The van der Waals surface area contributed by atoms with Crippen LogP contribution < -0.4 is 10.9 Å². The summed E-state index contributed by atoms with van der Waals surface area (Å²) in [5.41, 5.74) is 9.63. The van der Waals surface area contributed by atoms with E-state index in [1.807, 2.05) is 47.6 Å². The molecule has 5 rings (SSSR count). The summed E-state index contributed by atoms with van der Waals surface area (Å²) in [6.45, 7) is 1.58. The van der Waals surface area contributed by atoms with Gasteiger partial charge in [0.25, 0.3) is 0 Å². The minimum Gasteiger partial charge on any atom is -0.333 e. The summed E-state index contributed by atoms with van der Waals surface area (Å²) in [6.07, 6.45) is 6.44. The van der Waals surface area contributed by atoms with Gasteiger partial charge < -0.3 is 9.47 Å². The molecule has 28 heavy (non-hydrogen) atoms. The van der Waals surface area contributed by atoms with E-state index in [0.29, 0.717) is 0 Å². The molecule has 0 radical (unpaired) electrons. The number of amides is 1. The quantitative estimate of drug-likeness (QED) is 0.729. The third kappa shape index (κ3) is 3.16. The van der Waals surface area contributed by atoms with Crippen LogP contribution in [-0.2, 0) is 11.3 Å². The van der Waals surface area contributed by atoms with Gasteiger partial charge in [-0.3, -0.25) is 15.2 Å². The van der Waals surface area contributed by atoms with Crippen LogP contribution >= 0.6 is 0 Å². The molecule has 7 heteroatoms. The van der Waals surface area contributed by atoms with E-state index < -0.39 is 0 Å². The number of nitrogens with one attached hydrogen (secondary N) is 2. The van der Waals surface area contributed by atoms with Crippen molar-refractivity contribution in [2.24, 2.45) is 0 Å². The molecule has 2 N–H and O–H groups in total. The van der Waals surface area contributed by atoms with Gasteiger partial charge in [0.1, 0.15) is 6.04 Å². The van der Waals surface area contributed by atoms with Crippen molar-refractivity contribution in [2.75, 3.05) is 6.54 Å². The van der Waals surface area contributed by atoms with Crippen LogP contribution in [0.2, 0.25) is 0 Å². The van der Waals surface area contributed by atoms with Crippen molar-refractivity contribution in [3.05, 3.63) is 60.7 Å². The van der Waals surface area contributed by atoms with Crippen molar-refractivity contribution in [1.82, 2.24) is 30.3 Å². The molecular weight excluding hydrogens is 352 g/mol. The van der Waals surface area contributed by atoms with Crippen molar-refractivity contribution in [1.29, 1.82) is 0 Å². The highest BCUT2D eigenvalue weighted by atomic mass is 16.2. The van der Waals surface area contributed by atoms with Crippen LogP contribution in [0.5, 0.6) is 0 Å². The second kappa shape index (κ2) is 7.33. The maximum Gasteiger partial charge on any atom is 0.241 e. The molecule has 1 amide bonds. The van der Waals surface area contributed by atoms with E-state index in [2.05, 4.69) is 31.5 Å². The van der Waals surface area contributed by atoms with Crippen molar-refractivity contribution in [3.63, 3.8) is 0 Å². The lowest BCUT2D eigenvalue weighted by atomic mass is 10.1. The summed E-state index contributed by atoms with van der Waals surface area (Å²) >= 11 is 0. The molecule has 144 valence electrons. The predicted octanol–water partition coefficient (Wildman–Crippen LogP) is 2.03. The first-order chi connectivity index (χ1) is 13.8. The smallest absolute Gasteiger partial charge is 0.241 e.